The molecule has 0 spiro atoms. The molecule has 5 rings (SSSR count). The van der Waals surface area contributed by atoms with Crippen LogP contribution < -0.4 is 11.1 Å². The van der Waals surface area contributed by atoms with E-state index in [2.05, 4.69) is 30.4 Å². The summed E-state index contributed by atoms with van der Waals surface area (Å²) in [4.78, 5) is 17.3. The average molecular weight is 583 g/mol. The molecule has 0 bridgehead atoms. The quantitative estimate of drug-likeness (QED) is 0.285. The van der Waals surface area contributed by atoms with Gasteiger partial charge in [0.25, 0.3) is 0 Å². The van der Waals surface area contributed by atoms with E-state index in [9.17, 15) is 21.6 Å². The fraction of sp³-hybridized carbons (Fsp3) is 0.222. The van der Waals surface area contributed by atoms with Gasteiger partial charge in [0.15, 0.2) is 15.7 Å². The number of hydrogen-bond donors (Lipinski definition) is 2. The molecule has 0 aliphatic rings. The zero-order chi connectivity index (χ0) is 29.5. The number of hydrogen-bond acceptors (Lipinski definition) is 9. The van der Waals surface area contributed by atoms with Crippen LogP contribution in [0, 0.1) is 13.8 Å². The zero-order valence-electron chi connectivity index (χ0n) is 22.2. The minimum atomic E-state index is -4.51. The second kappa shape index (κ2) is 10.4. The van der Waals surface area contributed by atoms with E-state index in [4.69, 9.17) is 5.73 Å². The minimum absolute atomic E-state index is 0.0750. The van der Waals surface area contributed by atoms with Crippen LogP contribution in [0.3, 0.4) is 0 Å². The van der Waals surface area contributed by atoms with Crippen molar-refractivity contribution in [1.29, 1.82) is 0 Å². The van der Waals surface area contributed by atoms with Crippen LogP contribution in [0.4, 0.5) is 24.9 Å². The molecular weight excluding hydrogens is 557 g/mol. The Morgan fingerprint density at radius 3 is 2.32 bits per heavy atom. The number of nitrogens with zero attached hydrogens (tertiary/aromatic N) is 6. The molecule has 0 unspecified atom stereocenters. The maximum absolute atomic E-state index is 13.1. The van der Waals surface area contributed by atoms with Gasteiger partial charge in [-0.15, -0.1) is 0 Å². The van der Waals surface area contributed by atoms with Crippen LogP contribution >= 0.6 is 0 Å². The van der Waals surface area contributed by atoms with Crippen molar-refractivity contribution in [2.45, 2.75) is 31.3 Å². The molecule has 0 fully saturated rings. The topological polar surface area (TPSA) is 142 Å². The van der Waals surface area contributed by atoms with Crippen LogP contribution in [-0.2, 0) is 16.3 Å². The summed E-state index contributed by atoms with van der Waals surface area (Å²) in [6.07, 6.45) is -3.10. The molecule has 3 aromatic heterocycles. The van der Waals surface area contributed by atoms with Crippen LogP contribution in [0.1, 0.15) is 22.8 Å². The lowest BCUT2D eigenvalue weighted by Gasteiger charge is -2.15. The highest BCUT2D eigenvalue weighted by molar-refractivity contribution is 7.90. The highest BCUT2D eigenvalue weighted by Crippen LogP contribution is 2.31. The molecule has 0 amide bonds. The molecule has 14 heteroatoms. The number of halogens is 3. The SMILES string of the molecule is Cc1nc(C)n(-c2ccc(Cc3cc(-c4cccc(S(C)(=O)=O)c4)nc4c(NCC(F)(F)F)nc(N)nc34)cc2)n1. The van der Waals surface area contributed by atoms with Crippen LogP contribution in [0.15, 0.2) is 59.5 Å². The molecule has 41 heavy (non-hydrogen) atoms. The number of sulfone groups is 1. The van der Waals surface area contributed by atoms with E-state index in [1.54, 1.807) is 29.8 Å². The molecule has 0 radical (unpaired) electrons. The summed E-state index contributed by atoms with van der Waals surface area (Å²) in [6, 6.07) is 15.5. The molecule has 0 saturated carbocycles. The molecule has 5 aromatic rings. The Morgan fingerprint density at radius 1 is 0.951 bits per heavy atom. The minimum Gasteiger partial charge on any atom is -0.368 e. The van der Waals surface area contributed by atoms with E-state index >= 15 is 0 Å². The first kappa shape index (κ1) is 28.0. The summed E-state index contributed by atoms with van der Waals surface area (Å²) in [7, 11) is -3.52. The normalized spacial score (nSPS) is 12.1. The third kappa shape index (κ3) is 6.27. The van der Waals surface area contributed by atoms with Gasteiger partial charge >= 0.3 is 6.18 Å². The molecule has 0 aliphatic heterocycles. The van der Waals surface area contributed by atoms with E-state index in [-0.39, 0.29) is 27.7 Å². The molecule has 10 nitrogen and oxygen atoms in total. The molecule has 0 aliphatic carbocycles. The predicted octanol–water partition coefficient (Wildman–Crippen LogP) is 4.44. The summed E-state index contributed by atoms with van der Waals surface area (Å²) in [5.74, 6) is 0.987. The summed E-state index contributed by atoms with van der Waals surface area (Å²) in [6.45, 7) is 2.30. The maximum Gasteiger partial charge on any atom is 0.405 e. The highest BCUT2D eigenvalue weighted by Gasteiger charge is 2.28. The van der Waals surface area contributed by atoms with Crippen LogP contribution in [0.2, 0.25) is 0 Å². The van der Waals surface area contributed by atoms with Crippen molar-refractivity contribution in [2.75, 3.05) is 23.9 Å². The first-order valence-corrected chi connectivity index (χ1v) is 14.2. The Morgan fingerprint density at radius 2 is 1.68 bits per heavy atom. The second-order valence-corrected chi connectivity index (χ2v) is 11.5. The largest absolute Gasteiger partial charge is 0.405 e. The number of pyridine rings is 1. The van der Waals surface area contributed by atoms with Crippen molar-refractivity contribution in [3.8, 4) is 16.9 Å². The van der Waals surface area contributed by atoms with E-state index in [0.29, 0.717) is 29.1 Å². The number of alkyl halides is 3. The summed E-state index contributed by atoms with van der Waals surface area (Å²) >= 11 is 0. The number of aromatic nitrogens is 6. The number of fused-ring (bicyclic) bond motifs is 1. The second-order valence-electron chi connectivity index (χ2n) is 9.52. The fourth-order valence-corrected chi connectivity index (χ4v) is 5.07. The first-order chi connectivity index (χ1) is 19.3. The van der Waals surface area contributed by atoms with E-state index < -0.39 is 22.6 Å². The molecule has 0 saturated heterocycles. The van der Waals surface area contributed by atoms with Gasteiger partial charge in [0, 0.05) is 11.8 Å². The van der Waals surface area contributed by atoms with Gasteiger partial charge in [0.1, 0.15) is 29.2 Å². The summed E-state index contributed by atoms with van der Waals surface area (Å²) < 4.78 is 65.3. The van der Waals surface area contributed by atoms with Gasteiger partial charge in [-0.2, -0.15) is 23.3 Å². The van der Waals surface area contributed by atoms with E-state index in [1.165, 1.54) is 12.1 Å². The standard InChI is InChI=1S/C27H25F3N8O2S/c1-15-33-16(2)38(37-15)20-9-7-17(8-10-20)11-19-13-22(18-5-4-6-21(12-18)41(3,39)40)34-24-23(19)35-26(31)36-25(24)32-14-27(28,29)30/h4-10,12-13H,11,14H2,1-3H3,(H3,31,32,35,36). The predicted molar refractivity (Wildman–Crippen MR) is 148 cm³/mol. The van der Waals surface area contributed by atoms with Crippen molar-refractivity contribution in [1.82, 2.24) is 29.7 Å². The fourth-order valence-electron chi connectivity index (χ4n) is 4.40. The number of aryl methyl sites for hydroxylation is 2. The monoisotopic (exact) mass is 582 g/mol. The van der Waals surface area contributed by atoms with E-state index in [1.807, 2.05) is 31.2 Å². The lowest BCUT2D eigenvalue weighted by Crippen LogP contribution is -2.22. The van der Waals surface area contributed by atoms with Crippen molar-refractivity contribution in [2.24, 2.45) is 0 Å². The number of rotatable bonds is 7. The molecule has 2 aromatic carbocycles. The lowest BCUT2D eigenvalue weighted by atomic mass is 10.0. The van der Waals surface area contributed by atoms with Gasteiger partial charge in [-0.1, -0.05) is 24.3 Å². The number of benzene rings is 2. The summed E-state index contributed by atoms with van der Waals surface area (Å²) in [5, 5.41) is 6.67. The molecule has 0 atom stereocenters. The molecule has 212 valence electrons. The first-order valence-electron chi connectivity index (χ1n) is 12.3. The molecule has 3 heterocycles. The number of nitrogen functional groups attached to an aromatic ring is 1. The van der Waals surface area contributed by atoms with Crippen LogP contribution in [-0.4, -0.2) is 57.1 Å². The molecule has 3 N–H and O–H groups in total. The van der Waals surface area contributed by atoms with Gasteiger partial charge in [-0.25, -0.2) is 28.1 Å². The number of nitrogens with two attached hydrogens (primary N) is 1. The van der Waals surface area contributed by atoms with Gasteiger partial charge in [0.2, 0.25) is 5.95 Å². The average Bonchev–Trinajstić information content (AvgIpc) is 3.24. The summed E-state index contributed by atoms with van der Waals surface area (Å²) in [5.41, 5.74) is 9.33. The zero-order valence-corrected chi connectivity index (χ0v) is 23.0. The van der Waals surface area contributed by atoms with Gasteiger partial charge in [-0.3, -0.25) is 0 Å². The highest BCUT2D eigenvalue weighted by atomic mass is 32.2. The van der Waals surface area contributed by atoms with Gasteiger partial charge in [0.05, 0.1) is 16.3 Å². The lowest BCUT2D eigenvalue weighted by molar-refractivity contribution is -0.115. The van der Waals surface area contributed by atoms with Crippen molar-refractivity contribution >= 4 is 32.6 Å². The Bertz CT molecular complexity index is 1870. The maximum atomic E-state index is 13.1. The Balaban J connectivity index is 1.63. The van der Waals surface area contributed by atoms with Crippen LogP contribution in [0.25, 0.3) is 28.0 Å². The van der Waals surface area contributed by atoms with E-state index in [0.717, 1.165) is 23.3 Å². The third-order valence-electron chi connectivity index (χ3n) is 6.21. The smallest absolute Gasteiger partial charge is 0.368 e. The van der Waals surface area contributed by atoms with Crippen molar-refractivity contribution in [3.05, 3.63) is 77.4 Å². The number of anilines is 2. The Labute approximate surface area is 233 Å². The molecular formula is C27H25F3N8O2S. The number of nitrogens with one attached hydrogen (secondary N) is 1. The Kier molecular flexibility index (Phi) is 7.11. The van der Waals surface area contributed by atoms with Gasteiger partial charge in [-0.05, 0) is 61.7 Å². The van der Waals surface area contributed by atoms with Crippen LogP contribution in [0.5, 0.6) is 0 Å². The van der Waals surface area contributed by atoms with Crippen molar-refractivity contribution < 1.29 is 21.6 Å². The third-order valence-corrected chi connectivity index (χ3v) is 7.32. The van der Waals surface area contributed by atoms with Crippen molar-refractivity contribution in [3.63, 3.8) is 0 Å². The van der Waals surface area contributed by atoms with Gasteiger partial charge < -0.3 is 11.1 Å². The Hall–Kier alpha value is -4.59.